The van der Waals surface area contributed by atoms with Gasteiger partial charge in [-0.05, 0) is 5.56 Å². The lowest BCUT2D eigenvalue weighted by molar-refractivity contribution is -0.0566. The molecule has 1 fully saturated rings. The molecule has 1 aliphatic rings. The minimum atomic E-state index is -1.21. The van der Waals surface area contributed by atoms with E-state index in [2.05, 4.69) is 21.1 Å². The normalized spacial score (nSPS) is 25.1. The zero-order chi connectivity index (χ0) is 19.5. The molecule has 9 heteroatoms. The van der Waals surface area contributed by atoms with Crippen molar-refractivity contribution in [3.05, 3.63) is 54.5 Å². The zero-order valence-corrected chi connectivity index (χ0v) is 15.7. The molecule has 3 heterocycles. The number of fused-ring (bicyclic) bond motifs is 1. The Morgan fingerprint density at radius 3 is 2.71 bits per heavy atom. The van der Waals surface area contributed by atoms with Crippen LogP contribution in [-0.4, -0.2) is 65.7 Å². The second-order valence-corrected chi connectivity index (χ2v) is 7.37. The van der Waals surface area contributed by atoms with Crippen LogP contribution in [0.5, 0.6) is 0 Å². The van der Waals surface area contributed by atoms with Crippen LogP contribution in [-0.2, 0) is 4.74 Å². The number of rotatable bonds is 6. The summed E-state index contributed by atoms with van der Waals surface area (Å²) in [5, 5.41) is 35.2. The quantitative estimate of drug-likeness (QED) is 0.418. The predicted molar refractivity (Wildman–Crippen MR) is 105 cm³/mol. The maximum absolute atomic E-state index is 10.2. The molecule has 0 unspecified atom stereocenters. The first-order valence-electron chi connectivity index (χ1n) is 8.84. The summed E-state index contributed by atoms with van der Waals surface area (Å²) in [5.41, 5.74) is 1.63. The minimum absolute atomic E-state index is 0.391. The van der Waals surface area contributed by atoms with Crippen LogP contribution in [0.1, 0.15) is 11.8 Å². The third kappa shape index (κ3) is 3.67. The molecule has 3 aromatic rings. The fraction of sp³-hybridized carbons (Fsp3) is 0.316. The van der Waals surface area contributed by atoms with Crippen molar-refractivity contribution in [2.45, 2.75) is 29.6 Å². The van der Waals surface area contributed by atoms with E-state index in [9.17, 15) is 15.3 Å². The topological polar surface area (TPSA) is 114 Å². The SMILES string of the molecule is OC[C@H]1O[C@@H](n2ncc3c(SCC=Cc4ccccc4)ncnc32)[C@H](O)[C@@H]1O. The number of hydrogen-bond acceptors (Lipinski definition) is 8. The van der Waals surface area contributed by atoms with Gasteiger partial charge in [0.05, 0.1) is 18.2 Å². The van der Waals surface area contributed by atoms with Crippen molar-refractivity contribution >= 4 is 28.9 Å². The first kappa shape index (κ1) is 19.0. The van der Waals surface area contributed by atoms with E-state index >= 15 is 0 Å². The van der Waals surface area contributed by atoms with E-state index in [0.29, 0.717) is 5.65 Å². The molecule has 28 heavy (non-hydrogen) atoms. The van der Waals surface area contributed by atoms with E-state index in [-0.39, 0.29) is 0 Å². The summed E-state index contributed by atoms with van der Waals surface area (Å²) in [6.07, 6.45) is 2.98. The average molecular weight is 400 g/mol. The molecule has 1 aliphatic heterocycles. The van der Waals surface area contributed by atoms with Gasteiger partial charge in [0, 0.05) is 5.75 Å². The second-order valence-electron chi connectivity index (χ2n) is 6.36. The molecule has 0 aliphatic carbocycles. The van der Waals surface area contributed by atoms with Gasteiger partial charge in [-0.2, -0.15) is 5.10 Å². The van der Waals surface area contributed by atoms with Gasteiger partial charge in [0.1, 0.15) is 29.7 Å². The average Bonchev–Trinajstić information content (AvgIpc) is 3.28. The number of ether oxygens (including phenoxy) is 1. The molecule has 0 bridgehead atoms. The summed E-state index contributed by atoms with van der Waals surface area (Å²) < 4.78 is 6.97. The molecule has 4 rings (SSSR count). The first-order chi connectivity index (χ1) is 13.7. The van der Waals surface area contributed by atoms with Crippen LogP contribution in [0.25, 0.3) is 17.1 Å². The van der Waals surface area contributed by atoms with Crippen LogP contribution in [0.15, 0.2) is 54.0 Å². The predicted octanol–water partition coefficient (Wildman–Crippen LogP) is 1.24. The third-order valence-corrected chi connectivity index (χ3v) is 5.50. The van der Waals surface area contributed by atoms with Crippen LogP contribution in [0.3, 0.4) is 0 Å². The Morgan fingerprint density at radius 2 is 1.96 bits per heavy atom. The van der Waals surface area contributed by atoms with Gasteiger partial charge in [-0.1, -0.05) is 42.5 Å². The number of hydrogen-bond donors (Lipinski definition) is 3. The largest absolute Gasteiger partial charge is 0.394 e. The van der Waals surface area contributed by atoms with Crippen LogP contribution in [0.2, 0.25) is 0 Å². The number of thioether (sulfide) groups is 1. The smallest absolute Gasteiger partial charge is 0.181 e. The first-order valence-corrected chi connectivity index (χ1v) is 9.82. The minimum Gasteiger partial charge on any atom is -0.394 e. The molecule has 2 aromatic heterocycles. The Morgan fingerprint density at radius 1 is 1.14 bits per heavy atom. The van der Waals surface area contributed by atoms with E-state index in [1.54, 1.807) is 18.0 Å². The molecular formula is C19H20N4O4S. The third-order valence-electron chi connectivity index (χ3n) is 4.54. The molecule has 0 radical (unpaired) electrons. The molecule has 8 nitrogen and oxygen atoms in total. The van der Waals surface area contributed by atoms with Crippen LogP contribution in [0.4, 0.5) is 0 Å². The van der Waals surface area contributed by atoms with E-state index in [4.69, 9.17) is 4.74 Å². The highest BCUT2D eigenvalue weighted by molar-refractivity contribution is 7.99. The van der Waals surface area contributed by atoms with E-state index < -0.39 is 31.1 Å². The highest BCUT2D eigenvalue weighted by Crippen LogP contribution is 2.32. The van der Waals surface area contributed by atoms with Gasteiger partial charge >= 0.3 is 0 Å². The summed E-state index contributed by atoms with van der Waals surface area (Å²) in [6.45, 7) is -0.391. The van der Waals surface area contributed by atoms with Crippen molar-refractivity contribution < 1.29 is 20.1 Å². The van der Waals surface area contributed by atoms with Gasteiger partial charge in [-0.3, -0.25) is 0 Å². The summed E-state index contributed by atoms with van der Waals surface area (Å²) in [4.78, 5) is 8.58. The Kier molecular flexibility index (Phi) is 5.69. The molecular weight excluding hydrogens is 380 g/mol. The Hall–Kier alpha value is -2.30. The fourth-order valence-electron chi connectivity index (χ4n) is 3.10. The lowest BCUT2D eigenvalue weighted by Crippen LogP contribution is -2.33. The Bertz CT molecular complexity index is 965. The zero-order valence-electron chi connectivity index (χ0n) is 14.9. The van der Waals surface area contributed by atoms with Gasteiger partial charge in [0.15, 0.2) is 11.9 Å². The number of aliphatic hydroxyl groups excluding tert-OH is 3. The lowest BCUT2D eigenvalue weighted by atomic mass is 10.1. The van der Waals surface area contributed by atoms with Crippen LogP contribution >= 0.6 is 11.8 Å². The van der Waals surface area contributed by atoms with Crippen molar-refractivity contribution in [2.24, 2.45) is 0 Å². The highest BCUT2D eigenvalue weighted by atomic mass is 32.2. The van der Waals surface area contributed by atoms with Crippen molar-refractivity contribution in [2.75, 3.05) is 12.4 Å². The molecule has 146 valence electrons. The molecule has 3 N–H and O–H groups in total. The van der Waals surface area contributed by atoms with E-state index in [0.717, 1.165) is 21.7 Å². The standard InChI is InChI=1S/C19H20N4O4S/c24-10-14-15(25)16(26)19(27-14)23-17-13(9-22-23)18(21-11-20-17)28-8-4-7-12-5-2-1-3-6-12/h1-7,9,11,14-16,19,24-26H,8,10H2/t14-,15-,16-,19-/m1/s1. The summed E-state index contributed by atoms with van der Waals surface area (Å²) >= 11 is 1.55. The van der Waals surface area contributed by atoms with E-state index in [1.165, 1.54) is 11.0 Å². The number of aromatic nitrogens is 4. The maximum atomic E-state index is 10.2. The molecule has 1 aromatic carbocycles. The van der Waals surface area contributed by atoms with Gasteiger partial charge in [0.2, 0.25) is 0 Å². The molecule has 1 saturated heterocycles. The van der Waals surface area contributed by atoms with Crippen molar-refractivity contribution in [3.8, 4) is 0 Å². The number of benzene rings is 1. The molecule has 4 atom stereocenters. The lowest BCUT2D eigenvalue weighted by Gasteiger charge is -2.15. The van der Waals surface area contributed by atoms with Crippen molar-refractivity contribution in [1.29, 1.82) is 0 Å². The highest BCUT2D eigenvalue weighted by Gasteiger charge is 2.44. The van der Waals surface area contributed by atoms with E-state index in [1.807, 2.05) is 36.4 Å². The Labute approximate surface area is 165 Å². The monoisotopic (exact) mass is 400 g/mol. The molecule has 0 amide bonds. The van der Waals surface area contributed by atoms with Crippen molar-refractivity contribution in [3.63, 3.8) is 0 Å². The van der Waals surface area contributed by atoms with Gasteiger partial charge < -0.3 is 20.1 Å². The van der Waals surface area contributed by atoms with Crippen LogP contribution in [0, 0.1) is 0 Å². The summed E-state index contributed by atoms with van der Waals surface area (Å²) in [5.74, 6) is 0.722. The number of nitrogens with zero attached hydrogens (tertiary/aromatic N) is 4. The maximum Gasteiger partial charge on any atom is 0.181 e. The molecule has 0 spiro atoms. The molecule has 0 saturated carbocycles. The summed E-state index contributed by atoms with van der Waals surface area (Å²) in [6, 6.07) is 10.0. The van der Waals surface area contributed by atoms with Gasteiger partial charge in [-0.25, -0.2) is 14.6 Å². The van der Waals surface area contributed by atoms with Crippen molar-refractivity contribution in [1.82, 2.24) is 19.7 Å². The summed E-state index contributed by atoms with van der Waals surface area (Å²) in [7, 11) is 0. The Balaban J connectivity index is 1.52. The number of aliphatic hydroxyl groups is 3. The van der Waals surface area contributed by atoms with Crippen LogP contribution < -0.4 is 0 Å². The fourth-order valence-corrected chi connectivity index (χ4v) is 3.87. The second kappa shape index (κ2) is 8.38. The van der Waals surface area contributed by atoms with Gasteiger partial charge in [0.25, 0.3) is 0 Å². The van der Waals surface area contributed by atoms with Gasteiger partial charge in [-0.15, -0.1) is 11.8 Å².